The Labute approximate surface area is 186 Å². The van der Waals surface area contributed by atoms with Gasteiger partial charge in [0.05, 0.1) is 5.41 Å². The van der Waals surface area contributed by atoms with Gasteiger partial charge >= 0.3 is 12.1 Å². The molecule has 0 heterocycles. The zero-order valence-corrected chi connectivity index (χ0v) is 19.4. The van der Waals surface area contributed by atoms with Crippen LogP contribution in [0.15, 0.2) is 60.7 Å². The van der Waals surface area contributed by atoms with Gasteiger partial charge in [0, 0.05) is 13.6 Å². The quantitative estimate of drug-likeness (QED) is 0.489. The number of benzene rings is 2. The maximum atomic E-state index is 13.3. The first-order valence-corrected chi connectivity index (χ1v) is 10.8. The number of hydrogen-bond donors (Lipinski definition) is 0. The van der Waals surface area contributed by atoms with Gasteiger partial charge in [-0.2, -0.15) is 0 Å². The average Bonchev–Trinajstić information content (AvgIpc) is 2.75. The minimum atomic E-state index is -0.730. The third kappa shape index (κ3) is 7.74. The Hall–Kier alpha value is -2.82. The lowest BCUT2D eigenvalue weighted by molar-refractivity contribution is -0.158. The first kappa shape index (κ1) is 24.4. The van der Waals surface area contributed by atoms with E-state index in [9.17, 15) is 9.59 Å². The minimum absolute atomic E-state index is 0.234. The molecule has 1 amide bonds. The summed E-state index contributed by atoms with van der Waals surface area (Å²) in [5.41, 5.74) is 0.727. The molecular weight excluding hydrogens is 390 g/mol. The van der Waals surface area contributed by atoms with Crippen LogP contribution in [0, 0.1) is 5.41 Å². The molecule has 0 spiro atoms. The predicted octanol–water partition coefficient (Wildman–Crippen LogP) is 5.63. The third-order valence-electron chi connectivity index (χ3n) is 5.34. The molecule has 0 aliphatic rings. The number of rotatable bonds is 9. The second kappa shape index (κ2) is 11.0. The van der Waals surface area contributed by atoms with Crippen molar-refractivity contribution < 1.29 is 19.1 Å². The Kier molecular flexibility index (Phi) is 8.66. The van der Waals surface area contributed by atoms with Gasteiger partial charge in [-0.1, -0.05) is 67.6 Å². The maximum Gasteiger partial charge on any atom is 0.410 e. The maximum absolute atomic E-state index is 13.3. The molecule has 0 fully saturated rings. The lowest BCUT2D eigenvalue weighted by atomic mass is 9.76. The van der Waals surface area contributed by atoms with Gasteiger partial charge in [0.2, 0.25) is 0 Å². The van der Waals surface area contributed by atoms with E-state index in [-0.39, 0.29) is 12.6 Å². The highest BCUT2D eigenvalue weighted by Gasteiger charge is 2.39. The molecule has 168 valence electrons. The van der Waals surface area contributed by atoms with Gasteiger partial charge in [-0.15, -0.1) is 0 Å². The Bertz CT molecular complexity index is 829. The Morgan fingerprint density at radius 1 is 0.903 bits per heavy atom. The number of carbonyl (C=O) groups is 2. The van der Waals surface area contributed by atoms with Crippen LogP contribution in [0.4, 0.5) is 4.79 Å². The van der Waals surface area contributed by atoms with Crippen LogP contribution in [0.2, 0.25) is 0 Å². The molecular formula is C26H35NO4. The summed E-state index contributed by atoms with van der Waals surface area (Å²) in [5.74, 6) is -0.236. The molecule has 1 atom stereocenters. The lowest BCUT2D eigenvalue weighted by Gasteiger charge is -2.33. The molecule has 0 saturated heterocycles. The second-order valence-corrected chi connectivity index (χ2v) is 9.01. The van der Waals surface area contributed by atoms with Crippen molar-refractivity contribution in [2.75, 3.05) is 13.6 Å². The fourth-order valence-corrected chi connectivity index (χ4v) is 3.38. The number of ether oxygens (including phenoxy) is 2. The molecule has 5 nitrogen and oxygen atoms in total. The molecule has 0 bridgehead atoms. The monoisotopic (exact) mass is 425 g/mol. The largest absolute Gasteiger partial charge is 0.460 e. The number of carbonyl (C=O) groups excluding carboxylic acids is 2. The smallest absolute Gasteiger partial charge is 0.410 e. The van der Waals surface area contributed by atoms with Crippen LogP contribution >= 0.6 is 0 Å². The summed E-state index contributed by atoms with van der Waals surface area (Å²) in [5, 5.41) is 0. The summed E-state index contributed by atoms with van der Waals surface area (Å²) in [4.78, 5) is 27.3. The molecule has 0 N–H and O–H groups in total. The van der Waals surface area contributed by atoms with Crippen LogP contribution in [0.3, 0.4) is 0 Å². The van der Waals surface area contributed by atoms with Crippen molar-refractivity contribution in [3.63, 3.8) is 0 Å². The molecule has 0 radical (unpaired) electrons. The molecule has 0 saturated carbocycles. The van der Waals surface area contributed by atoms with Crippen LogP contribution in [-0.4, -0.2) is 36.2 Å². The summed E-state index contributed by atoms with van der Waals surface area (Å²) < 4.78 is 11.2. The van der Waals surface area contributed by atoms with Gasteiger partial charge in [0.25, 0.3) is 0 Å². The Balaban J connectivity index is 2.15. The van der Waals surface area contributed by atoms with Crippen LogP contribution in [0.5, 0.6) is 0 Å². The SMILES string of the molecule is CCC(CCN(C)C(=O)OC(C)(C)C)(Cc1ccccc1)C(=O)OCc1ccccc1. The highest BCUT2D eigenvalue weighted by Crippen LogP contribution is 2.34. The second-order valence-electron chi connectivity index (χ2n) is 9.01. The van der Waals surface area contributed by atoms with Crippen molar-refractivity contribution in [1.82, 2.24) is 4.90 Å². The van der Waals surface area contributed by atoms with Crippen molar-refractivity contribution >= 4 is 12.1 Å². The van der Waals surface area contributed by atoms with Gasteiger partial charge in [0.1, 0.15) is 12.2 Å². The average molecular weight is 426 g/mol. The van der Waals surface area contributed by atoms with Gasteiger partial charge in [-0.25, -0.2) is 4.79 Å². The van der Waals surface area contributed by atoms with Crippen LogP contribution < -0.4 is 0 Å². The number of esters is 1. The molecule has 5 heteroatoms. The van der Waals surface area contributed by atoms with E-state index < -0.39 is 17.1 Å². The van der Waals surface area contributed by atoms with E-state index in [1.54, 1.807) is 7.05 Å². The molecule has 31 heavy (non-hydrogen) atoms. The molecule has 0 aromatic heterocycles. The topological polar surface area (TPSA) is 55.8 Å². The fourth-order valence-electron chi connectivity index (χ4n) is 3.38. The molecule has 0 aliphatic carbocycles. The zero-order chi connectivity index (χ0) is 22.9. The zero-order valence-electron chi connectivity index (χ0n) is 19.4. The molecule has 2 aromatic rings. The summed E-state index contributed by atoms with van der Waals surface area (Å²) in [7, 11) is 1.70. The van der Waals surface area contributed by atoms with Crippen LogP contribution in [0.25, 0.3) is 0 Å². The van der Waals surface area contributed by atoms with E-state index in [0.717, 1.165) is 11.1 Å². The van der Waals surface area contributed by atoms with Gasteiger partial charge in [0.15, 0.2) is 0 Å². The highest BCUT2D eigenvalue weighted by molar-refractivity contribution is 5.77. The number of hydrogen-bond acceptors (Lipinski definition) is 4. The lowest BCUT2D eigenvalue weighted by Crippen LogP contribution is -2.40. The van der Waals surface area contributed by atoms with Crippen molar-refractivity contribution in [2.45, 2.75) is 59.2 Å². The number of amides is 1. The first-order chi connectivity index (χ1) is 14.6. The van der Waals surface area contributed by atoms with E-state index in [1.807, 2.05) is 88.4 Å². The highest BCUT2D eigenvalue weighted by atomic mass is 16.6. The Morgan fingerprint density at radius 3 is 1.97 bits per heavy atom. The van der Waals surface area contributed by atoms with Crippen molar-refractivity contribution in [1.29, 1.82) is 0 Å². The van der Waals surface area contributed by atoms with Gasteiger partial charge in [-0.3, -0.25) is 4.79 Å². The normalized spacial score (nSPS) is 13.2. The summed E-state index contributed by atoms with van der Waals surface area (Å²) in [6, 6.07) is 19.6. The van der Waals surface area contributed by atoms with E-state index in [4.69, 9.17) is 9.47 Å². The minimum Gasteiger partial charge on any atom is -0.460 e. The standard InChI is InChI=1S/C26H35NO4/c1-6-26(19-21-13-9-7-10-14-21,17-18-27(5)24(29)31-25(2,3)4)23(28)30-20-22-15-11-8-12-16-22/h7-16H,6,17-20H2,1-5H3. The van der Waals surface area contributed by atoms with E-state index >= 15 is 0 Å². The van der Waals surface area contributed by atoms with Gasteiger partial charge in [-0.05, 0) is 51.2 Å². The summed E-state index contributed by atoms with van der Waals surface area (Å²) in [6.07, 6.45) is 1.26. The molecule has 0 aliphatic heterocycles. The van der Waals surface area contributed by atoms with Crippen LogP contribution in [-0.2, 0) is 27.3 Å². The summed E-state index contributed by atoms with van der Waals surface area (Å²) in [6.45, 7) is 8.15. The molecule has 2 aromatic carbocycles. The Morgan fingerprint density at radius 2 is 1.45 bits per heavy atom. The van der Waals surface area contributed by atoms with E-state index in [0.29, 0.717) is 25.8 Å². The number of nitrogens with zero attached hydrogens (tertiary/aromatic N) is 1. The summed E-state index contributed by atoms with van der Waals surface area (Å²) >= 11 is 0. The van der Waals surface area contributed by atoms with Crippen molar-refractivity contribution in [3.8, 4) is 0 Å². The first-order valence-electron chi connectivity index (χ1n) is 10.8. The fraction of sp³-hybridized carbons (Fsp3) is 0.462. The van der Waals surface area contributed by atoms with E-state index in [2.05, 4.69) is 0 Å². The third-order valence-corrected chi connectivity index (χ3v) is 5.34. The predicted molar refractivity (Wildman–Crippen MR) is 123 cm³/mol. The van der Waals surface area contributed by atoms with Crippen molar-refractivity contribution in [3.05, 3.63) is 71.8 Å². The van der Waals surface area contributed by atoms with Crippen molar-refractivity contribution in [2.24, 2.45) is 5.41 Å². The van der Waals surface area contributed by atoms with Gasteiger partial charge < -0.3 is 14.4 Å². The molecule has 1 unspecified atom stereocenters. The van der Waals surface area contributed by atoms with Crippen LogP contribution in [0.1, 0.15) is 51.7 Å². The van der Waals surface area contributed by atoms with E-state index in [1.165, 1.54) is 4.90 Å². The molecule has 2 rings (SSSR count).